The molecule has 5 nitrogen and oxygen atoms in total. The quantitative estimate of drug-likeness (QED) is 0.475. The molecule has 1 aromatic carbocycles. The average molecular weight is 471 g/mol. The molecular weight excluding hydrogens is 432 g/mol. The molecule has 0 unspecified atom stereocenters. The summed E-state index contributed by atoms with van der Waals surface area (Å²) in [4.78, 5) is 31.3. The van der Waals surface area contributed by atoms with Crippen LogP contribution in [0.25, 0.3) is 0 Å². The number of hydrogen-bond donors (Lipinski definition) is 0. The number of carbonyl (C=O) groups is 2. The van der Waals surface area contributed by atoms with Crippen molar-refractivity contribution in [2.75, 3.05) is 19.7 Å². The highest BCUT2D eigenvalue weighted by molar-refractivity contribution is 7.10. The zero-order chi connectivity index (χ0) is 24.1. The Morgan fingerprint density at radius 1 is 1.12 bits per heavy atom. The number of fused-ring (bicyclic) bond motifs is 1. The largest absolute Gasteiger partial charge is 0.491 e. The fourth-order valence-electron chi connectivity index (χ4n) is 4.24. The second-order valence-corrected chi connectivity index (χ2v) is 10.6. The van der Waals surface area contributed by atoms with E-state index in [4.69, 9.17) is 4.74 Å². The second kappa shape index (κ2) is 11.2. The van der Waals surface area contributed by atoms with Crippen molar-refractivity contribution < 1.29 is 14.3 Å². The minimum Gasteiger partial charge on any atom is -0.491 e. The zero-order valence-corrected chi connectivity index (χ0v) is 21.7. The molecule has 33 heavy (non-hydrogen) atoms. The lowest BCUT2D eigenvalue weighted by Gasteiger charge is -2.38. The third-order valence-corrected chi connectivity index (χ3v) is 7.57. The van der Waals surface area contributed by atoms with Gasteiger partial charge in [0.15, 0.2) is 0 Å². The summed E-state index contributed by atoms with van der Waals surface area (Å²) in [6, 6.07) is 10.2. The van der Waals surface area contributed by atoms with Gasteiger partial charge in [-0.05, 0) is 60.4 Å². The van der Waals surface area contributed by atoms with Gasteiger partial charge in [-0.1, -0.05) is 46.8 Å². The third-order valence-electron chi connectivity index (χ3n) is 6.58. The Kier molecular flexibility index (Phi) is 8.57. The van der Waals surface area contributed by atoms with Gasteiger partial charge >= 0.3 is 0 Å². The molecule has 0 fully saturated rings. The van der Waals surface area contributed by atoms with E-state index in [-0.39, 0.29) is 36.4 Å². The van der Waals surface area contributed by atoms with E-state index in [0.717, 1.165) is 18.6 Å². The van der Waals surface area contributed by atoms with Crippen molar-refractivity contribution in [3.05, 3.63) is 51.7 Å². The van der Waals surface area contributed by atoms with Gasteiger partial charge in [0.25, 0.3) is 0 Å². The SMILES string of the molecule is CC[C@H](C)N(CC(=O)N1CCc2sccc2[C@@H]1COc1ccc(C(C)C)cc1)C(=O)C(C)C. The first kappa shape index (κ1) is 25.3. The Morgan fingerprint density at radius 3 is 2.42 bits per heavy atom. The number of benzene rings is 1. The molecule has 1 aliphatic heterocycles. The van der Waals surface area contributed by atoms with E-state index in [1.165, 1.54) is 16.0 Å². The van der Waals surface area contributed by atoms with Gasteiger partial charge in [-0.3, -0.25) is 9.59 Å². The first-order valence-corrected chi connectivity index (χ1v) is 13.0. The van der Waals surface area contributed by atoms with Crippen LogP contribution in [0.4, 0.5) is 0 Å². The van der Waals surface area contributed by atoms with Crippen LogP contribution in [0.3, 0.4) is 0 Å². The third kappa shape index (κ3) is 5.97. The normalized spacial score (nSPS) is 16.6. The molecule has 180 valence electrons. The van der Waals surface area contributed by atoms with Gasteiger partial charge in [0.1, 0.15) is 18.9 Å². The van der Waals surface area contributed by atoms with Gasteiger partial charge in [0, 0.05) is 23.4 Å². The van der Waals surface area contributed by atoms with Crippen LogP contribution in [-0.2, 0) is 16.0 Å². The van der Waals surface area contributed by atoms with Crippen molar-refractivity contribution in [3.63, 3.8) is 0 Å². The summed E-state index contributed by atoms with van der Waals surface area (Å²) < 4.78 is 6.18. The van der Waals surface area contributed by atoms with E-state index < -0.39 is 0 Å². The van der Waals surface area contributed by atoms with E-state index in [0.29, 0.717) is 19.1 Å². The van der Waals surface area contributed by atoms with Crippen LogP contribution in [0.2, 0.25) is 0 Å². The van der Waals surface area contributed by atoms with Gasteiger partial charge in [0.05, 0.1) is 6.04 Å². The Balaban J connectivity index is 1.77. The Labute approximate surface area is 202 Å². The van der Waals surface area contributed by atoms with Gasteiger partial charge in [-0.15, -0.1) is 11.3 Å². The molecule has 0 saturated heterocycles. The molecule has 2 aromatic rings. The molecule has 6 heteroatoms. The molecule has 2 amide bonds. The Hall–Kier alpha value is -2.34. The van der Waals surface area contributed by atoms with Gasteiger partial charge in [-0.2, -0.15) is 0 Å². The predicted octanol–water partition coefficient (Wildman–Crippen LogP) is 5.66. The minimum absolute atomic E-state index is 0.00935. The standard InChI is InChI=1S/C27H38N2O3S/c1-7-20(6)29(27(31)19(4)5)16-26(30)28-14-12-25-23(13-15-33-25)24(28)17-32-22-10-8-21(9-11-22)18(2)3/h8-11,13,15,18-20,24H,7,12,14,16-17H2,1-6H3/t20-,24-/m0/s1. The highest BCUT2D eigenvalue weighted by Gasteiger charge is 2.34. The molecule has 1 aliphatic rings. The number of rotatable bonds is 9. The zero-order valence-electron chi connectivity index (χ0n) is 20.8. The molecule has 0 saturated carbocycles. The summed E-state index contributed by atoms with van der Waals surface area (Å²) in [6.07, 6.45) is 1.67. The molecule has 0 spiro atoms. The van der Waals surface area contributed by atoms with Crippen molar-refractivity contribution >= 4 is 23.2 Å². The van der Waals surface area contributed by atoms with E-state index in [2.05, 4.69) is 44.4 Å². The molecule has 0 aliphatic carbocycles. The summed E-state index contributed by atoms with van der Waals surface area (Å²) in [5, 5.41) is 2.09. The van der Waals surface area contributed by atoms with Gasteiger partial charge in [0.2, 0.25) is 11.8 Å². The van der Waals surface area contributed by atoms with Crippen molar-refractivity contribution in [2.45, 2.75) is 72.4 Å². The maximum absolute atomic E-state index is 13.5. The lowest BCUT2D eigenvalue weighted by molar-refractivity contribution is -0.146. The van der Waals surface area contributed by atoms with Crippen LogP contribution in [0.1, 0.15) is 75.9 Å². The number of thiophene rings is 1. The first-order valence-electron chi connectivity index (χ1n) is 12.1. The summed E-state index contributed by atoms with van der Waals surface area (Å²) >= 11 is 1.74. The van der Waals surface area contributed by atoms with E-state index in [1.54, 1.807) is 16.2 Å². The Bertz CT molecular complexity index is 935. The number of carbonyl (C=O) groups excluding carboxylic acids is 2. The Morgan fingerprint density at radius 2 is 1.82 bits per heavy atom. The van der Waals surface area contributed by atoms with Gasteiger partial charge in [-0.25, -0.2) is 0 Å². The number of hydrogen-bond acceptors (Lipinski definition) is 4. The summed E-state index contributed by atoms with van der Waals surface area (Å²) in [6.45, 7) is 13.4. The fraction of sp³-hybridized carbons (Fsp3) is 0.556. The lowest BCUT2D eigenvalue weighted by atomic mass is 10.00. The van der Waals surface area contributed by atoms with E-state index in [1.807, 2.05) is 37.8 Å². The molecule has 3 rings (SSSR count). The fourth-order valence-corrected chi connectivity index (χ4v) is 5.17. The molecule has 2 heterocycles. The molecule has 2 atom stereocenters. The summed E-state index contributed by atoms with van der Waals surface area (Å²) in [5.74, 6) is 1.17. The van der Waals surface area contributed by atoms with Crippen LogP contribution in [0, 0.1) is 5.92 Å². The van der Waals surface area contributed by atoms with Crippen molar-refractivity contribution in [1.82, 2.24) is 9.80 Å². The molecular formula is C27H38N2O3S. The molecule has 0 bridgehead atoms. The topological polar surface area (TPSA) is 49.9 Å². The smallest absolute Gasteiger partial charge is 0.242 e. The summed E-state index contributed by atoms with van der Waals surface area (Å²) in [7, 11) is 0. The highest BCUT2D eigenvalue weighted by Crippen LogP contribution is 2.34. The maximum atomic E-state index is 13.5. The van der Waals surface area contributed by atoms with Crippen molar-refractivity contribution in [2.24, 2.45) is 5.92 Å². The second-order valence-electron chi connectivity index (χ2n) is 9.56. The maximum Gasteiger partial charge on any atom is 0.242 e. The monoisotopic (exact) mass is 470 g/mol. The molecule has 0 N–H and O–H groups in total. The minimum atomic E-state index is -0.148. The predicted molar refractivity (Wildman–Crippen MR) is 135 cm³/mol. The van der Waals surface area contributed by atoms with Crippen LogP contribution in [-0.4, -0.2) is 47.4 Å². The first-order chi connectivity index (χ1) is 15.7. The van der Waals surface area contributed by atoms with Crippen LogP contribution >= 0.6 is 11.3 Å². The number of amides is 2. The van der Waals surface area contributed by atoms with Crippen LogP contribution in [0.15, 0.2) is 35.7 Å². The van der Waals surface area contributed by atoms with Crippen molar-refractivity contribution in [1.29, 1.82) is 0 Å². The number of nitrogens with zero attached hydrogens (tertiary/aromatic N) is 2. The highest BCUT2D eigenvalue weighted by atomic mass is 32.1. The van der Waals surface area contributed by atoms with Crippen LogP contribution < -0.4 is 4.74 Å². The average Bonchev–Trinajstić information content (AvgIpc) is 3.29. The van der Waals surface area contributed by atoms with E-state index in [9.17, 15) is 9.59 Å². The molecule has 1 aromatic heterocycles. The van der Waals surface area contributed by atoms with E-state index >= 15 is 0 Å². The van der Waals surface area contributed by atoms with Crippen LogP contribution in [0.5, 0.6) is 5.75 Å². The lowest BCUT2D eigenvalue weighted by Crippen LogP contribution is -2.50. The number of ether oxygens (including phenoxy) is 1. The molecule has 0 radical (unpaired) electrons. The van der Waals surface area contributed by atoms with Gasteiger partial charge < -0.3 is 14.5 Å². The summed E-state index contributed by atoms with van der Waals surface area (Å²) in [5.41, 5.74) is 2.44. The van der Waals surface area contributed by atoms with Crippen molar-refractivity contribution in [3.8, 4) is 5.75 Å².